The van der Waals surface area contributed by atoms with Gasteiger partial charge >= 0.3 is 5.97 Å². The SMILES string of the molecule is CCCn1nc(C(=O)OCC(=O)Nc2ccc(Cl)cn2)c2ccccc2c1=O. The van der Waals surface area contributed by atoms with Crippen LogP contribution in [0.1, 0.15) is 23.8 Å². The molecule has 0 saturated heterocycles. The number of pyridine rings is 1. The number of nitrogens with one attached hydrogen (secondary N) is 1. The Morgan fingerprint density at radius 2 is 1.93 bits per heavy atom. The smallest absolute Gasteiger partial charge is 0.359 e. The van der Waals surface area contributed by atoms with Gasteiger partial charge in [0, 0.05) is 18.1 Å². The lowest BCUT2D eigenvalue weighted by atomic mass is 10.1. The number of anilines is 1. The average molecular weight is 401 g/mol. The first kappa shape index (κ1) is 19.5. The molecule has 3 rings (SSSR count). The van der Waals surface area contributed by atoms with Crippen LogP contribution in [0.5, 0.6) is 0 Å². The summed E-state index contributed by atoms with van der Waals surface area (Å²) < 4.78 is 6.32. The second-order valence-electron chi connectivity index (χ2n) is 5.91. The summed E-state index contributed by atoms with van der Waals surface area (Å²) in [6.07, 6.45) is 2.06. The first-order valence-electron chi connectivity index (χ1n) is 8.58. The van der Waals surface area contributed by atoms with Gasteiger partial charge < -0.3 is 10.1 Å². The third-order valence-electron chi connectivity index (χ3n) is 3.83. The molecule has 3 aromatic rings. The van der Waals surface area contributed by atoms with Crippen molar-refractivity contribution < 1.29 is 14.3 Å². The molecule has 9 heteroatoms. The van der Waals surface area contributed by atoms with Crippen LogP contribution in [0, 0.1) is 0 Å². The van der Waals surface area contributed by atoms with Crippen LogP contribution in [0.3, 0.4) is 0 Å². The minimum Gasteiger partial charge on any atom is -0.451 e. The highest BCUT2D eigenvalue weighted by Gasteiger charge is 2.19. The highest BCUT2D eigenvalue weighted by Crippen LogP contribution is 2.15. The number of ether oxygens (including phenoxy) is 1. The summed E-state index contributed by atoms with van der Waals surface area (Å²) in [5.41, 5.74) is -0.290. The summed E-state index contributed by atoms with van der Waals surface area (Å²) in [5.74, 6) is -1.07. The van der Waals surface area contributed by atoms with Crippen molar-refractivity contribution in [2.24, 2.45) is 0 Å². The van der Waals surface area contributed by atoms with Crippen LogP contribution in [0.15, 0.2) is 47.4 Å². The molecule has 0 saturated carbocycles. The van der Waals surface area contributed by atoms with Crippen molar-refractivity contribution >= 4 is 40.1 Å². The van der Waals surface area contributed by atoms with E-state index < -0.39 is 18.5 Å². The summed E-state index contributed by atoms with van der Waals surface area (Å²) in [7, 11) is 0. The summed E-state index contributed by atoms with van der Waals surface area (Å²) in [6, 6.07) is 9.75. The number of rotatable bonds is 6. The van der Waals surface area contributed by atoms with Crippen molar-refractivity contribution in [3.63, 3.8) is 0 Å². The van der Waals surface area contributed by atoms with E-state index in [-0.39, 0.29) is 17.1 Å². The molecule has 1 amide bonds. The fourth-order valence-electron chi connectivity index (χ4n) is 2.58. The van der Waals surface area contributed by atoms with Crippen LogP contribution in [-0.2, 0) is 16.1 Å². The molecule has 8 nitrogen and oxygen atoms in total. The zero-order valence-corrected chi connectivity index (χ0v) is 15.8. The van der Waals surface area contributed by atoms with Gasteiger partial charge in [0.2, 0.25) is 0 Å². The van der Waals surface area contributed by atoms with Gasteiger partial charge in [0.1, 0.15) is 5.82 Å². The number of benzene rings is 1. The number of fused-ring (bicyclic) bond motifs is 1. The molecule has 1 N–H and O–H groups in total. The standard InChI is InChI=1S/C19H17ClN4O4/c1-2-9-24-18(26)14-6-4-3-5-13(14)17(23-24)19(27)28-11-16(25)22-15-8-7-12(20)10-21-15/h3-8,10H,2,9,11H2,1H3,(H,21,22,25). The van der Waals surface area contributed by atoms with Crippen LogP contribution in [0.25, 0.3) is 10.8 Å². The molecule has 0 atom stereocenters. The lowest BCUT2D eigenvalue weighted by molar-refractivity contribution is -0.119. The van der Waals surface area contributed by atoms with E-state index in [2.05, 4.69) is 15.4 Å². The number of esters is 1. The Labute approximate surface area is 165 Å². The molecule has 144 valence electrons. The largest absolute Gasteiger partial charge is 0.451 e. The van der Waals surface area contributed by atoms with Crippen LogP contribution in [0.4, 0.5) is 5.82 Å². The van der Waals surface area contributed by atoms with Crippen molar-refractivity contribution in [1.82, 2.24) is 14.8 Å². The molecule has 0 unspecified atom stereocenters. The van der Waals surface area contributed by atoms with E-state index >= 15 is 0 Å². The second-order valence-corrected chi connectivity index (χ2v) is 6.34. The van der Waals surface area contributed by atoms with E-state index in [9.17, 15) is 14.4 Å². The molecule has 0 aliphatic carbocycles. The average Bonchev–Trinajstić information content (AvgIpc) is 2.70. The monoisotopic (exact) mass is 400 g/mol. The fourth-order valence-corrected chi connectivity index (χ4v) is 2.69. The van der Waals surface area contributed by atoms with Crippen LogP contribution >= 0.6 is 11.6 Å². The van der Waals surface area contributed by atoms with Gasteiger partial charge in [-0.25, -0.2) is 14.5 Å². The van der Waals surface area contributed by atoms with Gasteiger partial charge in [-0.15, -0.1) is 0 Å². The number of nitrogens with zero attached hydrogens (tertiary/aromatic N) is 3. The maximum Gasteiger partial charge on any atom is 0.359 e. The lowest BCUT2D eigenvalue weighted by Crippen LogP contribution is -2.27. The zero-order chi connectivity index (χ0) is 20.1. The van der Waals surface area contributed by atoms with E-state index in [1.807, 2.05) is 6.92 Å². The number of aromatic nitrogens is 3. The maximum atomic E-state index is 12.5. The quantitative estimate of drug-likeness (QED) is 0.638. The molecule has 0 radical (unpaired) electrons. The Kier molecular flexibility index (Phi) is 6.00. The molecule has 0 bridgehead atoms. The summed E-state index contributed by atoms with van der Waals surface area (Å²) in [6.45, 7) is 1.75. The molecule has 2 heterocycles. The van der Waals surface area contributed by atoms with Gasteiger partial charge in [0.25, 0.3) is 11.5 Å². The predicted molar refractivity (Wildman–Crippen MR) is 104 cm³/mol. The fraction of sp³-hybridized carbons (Fsp3) is 0.211. The van der Waals surface area contributed by atoms with E-state index in [1.54, 1.807) is 30.3 Å². The van der Waals surface area contributed by atoms with Gasteiger partial charge in [-0.1, -0.05) is 36.7 Å². The second kappa shape index (κ2) is 8.62. The first-order chi connectivity index (χ1) is 13.5. The van der Waals surface area contributed by atoms with Crippen LogP contribution in [-0.4, -0.2) is 33.2 Å². The molecule has 0 fully saturated rings. The van der Waals surface area contributed by atoms with E-state index in [0.717, 1.165) is 0 Å². The third kappa shape index (κ3) is 4.34. The van der Waals surface area contributed by atoms with Gasteiger partial charge in [-0.2, -0.15) is 5.10 Å². The Hall–Kier alpha value is -3.26. The maximum absolute atomic E-state index is 12.5. The molecular formula is C19H17ClN4O4. The molecule has 28 heavy (non-hydrogen) atoms. The van der Waals surface area contributed by atoms with Gasteiger partial charge in [-0.3, -0.25) is 9.59 Å². The summed E-state index contributed by atoms with van der Waals surface area (Å²) in [4.78, 5) is 40.9. The molecular weight excluding hydrogens is 384 g/mol. The Bertz CT molecular complexity index is 1080. The first-order valence-corrected chi connectivity index (χ1v) is 8.95. The minimum atomic E-state index is -0.791. The Balaban J connectivity index is 1.77. The van der Waals surface area contributed by atoms with E-state index in [1.165, 1.54) is 16.9 Å². The molecule has 0 spiro atoms. The topological polar surface area (TPSA) is 103 Å². The van der Waals surface area contributed by atoms with Crippen molar-refractivity contribution in [2.45, 2.75) is 19.9 Å². The van der Waals surface area contributed by atoms with Gasteiger partial charge in [-0.05, 0) is 24.6 Å². The number of carbonyl (C=O) groups excluding carboxylic acids is 2. The molecule has 2 aromatic heterocycles. The number of halogens is 1. The number of hydrogen-bond donors (Lipinski definition) is 1. The van der Waals surface area contributed by atoms with E-state index in [0.29, 0.717) is 28.8 Å². The number of aryl methyl sites for hydroxylation is 1. The van der Waals surface area contributed by atoms with Crippen molar-refractivity contribution in [3.05, 3.63) is 63.7 Å². The van der Waals surface area contributed by atoms with Crippen molar-refractivity contribution in [1.29, 1.82) is 0 Å². The van der Waals surface area contributed by atoms with Crippen molar-refractivity contribution in [2.75, 3.05) is 11.9 Å². The van der Waals surface area contributed by atoms with Gasteiger partial charge in [0.15, 0.2) is 12.3 Å². The lowest BCUT2D eigenvalue weighted by Gasteiger charge is -2.10. The van der Waals surface area contributed by atoms with Gasteiger partial charge in [0.05, 0.1) is 10.4 Å². The van der Waals surface area contributed by atoms with Crippen LogP contribution in [0.2, 0.25) is 5.02 Å². The van der Waals surface area contributed by atoms with E-state index in [4.69, 9.17) is 16.3 Å². The number of carbonyl (C=O) groups is 2. The summed E-state index contributed by atoms with van der Waals surface area (Å²) in [5, 5.41) is 7.81. The third-order valence-corrected chi connectivity index (χ3v) is 4.05. The molecule has 0 aliphatic heterocycles. The minimum absolute atomic E-state index is 0.0129. The highest BCUT2D eigenvalue weighted by molar-refractivity contribution is 6.30. The Morgan fingerprint density at radius 1 is 1.18 bits per heavy atom. The predicted octanol–water partition coefficient (Wildman–Crippen LogP) is 2.65. The van der Waals surface area contributed by atoms with Crippen molar-refractivity contribution in [3.8, 4) is 0 Å². The zero-order valence-electron chi connectivity index (χ0n) is 15.0. The number of hydrogen-bond acceptors (Lipinski definition) is 6. The normalized spacial score (nSPS) is 10.6. The molecule has 1 aromatic carbocycles. The van der Waals surface area contributed by atoms with Crippen LogP contribution < -0.4 is 10.9 Å². The Morgan fingerprint density at radius 3 is 2.61 bits per heavy atom. The molecule has 0 aliphatic rings. The highest BCUT2D eigenvalue weighted by atomic mass is 35.5. The summed E-state index contributed by atoms with van der Waals surface area (Å²) >= 11 is 5.74. The number of amides is 1.